The van der Waals surface area contributed by atoms with Gasteiger partial charge in [0, 0.05) is 11.6 Å². The summed E-state index contributed by atoms with van der Waals surface area (Å²) in [7, 11) is -2.20. The van der Waals surface area contributed by atoms with Crippen LogP contribution in [0.4, 0.5) is 0 Å². The van der Waals surface area contributed by atoms with Gasteiger partial charge in [-0.1, -0.05) is 31.6 Å². The van der Waals surface area contributed by atoms with Gasteiger partial charge in [-0.25, -0.2) is 4.68 Å². The number of hydrogen-bond donors (Lipinski definition) is 3. The molecule has 1 aromatic heterocycles. The van der Waals surface area contributed by atoms with Crippen LogP contribution in [0.2, 0.25) is 0 Å². The zero-order valence-corrected chi connectivity index (χ0v) is 24.3. The molecule has 6 rings (SSSR count). The van der Waals surface area contributed by atoms with Crippen LogP contribution in [0.15, 0.2) is 36.0 Å². The monoisotopic (exact) mass is 552 g/mol. The van der Waals surface area contributed by atoms with E-state index < -0.39 is 36.7 Å². The van der Waals surface area contributed by atoms with Crippen molar-refractivity contribution in [1.29, 1.82) is 0 Å². The van der Waals surface area contributed by atoms with Crippen LogP contribution in [0.3, 0.4) is 0 Å². The van der Waals surface area contributed by atoms with Gasteiger partial charge in [0.25, 0.3) is 0 Å². The Morgan fingerprint density at radius 3 is 2.72 bits per heavy atom. The van der Waals surface area contributed by atoms with Gasteiger partial charge < -0.3 is 19.9 Å². The lowest BCUT2D eigenvalue weighted by Crippen LogP contribution is -2.62. The second-order valence-corrected chi connectivity index (χ2v) is 17.1. The molecule has 4 aliphatic rings. The number of hydrogen-bond acceptors (Lipinski definition) is 6. The Labute approximate surface area is 230 Å². The first kappa shape index (κ1) is 27.1. The molecule has 0 amide bonds. The Balaban J connectivity index is 1.34. The van der Waals surface area contributed by atoms with Crippen molar-refractivity contribution in [3.05, 3.63) is 52.9 Å². The van der Waals surface area contributed by atoms with Crippen LogP contribution in [-0.2, 0) is 21.9 Å². The summed E-state index contributed by atoms with van der Waals surface area (Å²) in [6, 6.07) is 8.14. The summed E-state index contributed by atoms with van der Waals surface area (Å²) in [6.45, 7) is 7.20. The number of nitrogens with zero attached hydrogens (tertiary/aromatic N) is 2. The van der Waals surface area contributed by atoms with E-state index in [-0.39, 0.29) is 23.2 Å². The summed E-state index contributed by atoms with van der Waals surface area (Å²) in [5.41, 5.74) is 3.03. The van der Waals surface area contributed by atoms with E-state index in [1.165, 1.54) is 5.57 Å². The number of benzene rings is 1. The second-order valence-electron chi connectivity index (χ2n) is 13.6. The van der Waals surface area contributed by atoms with Crippen LogP contribution in [-0.4, -0.2) is 62.5 Å². The van der Waals surface area contributed by atoms with Crippen LogP contribution in [0, 0.1) is 28.6 Å². The molecule has 0 aliphatic heterocycles. The minimum Gasteiger partial charge on any atom is -0.393 e. The highest BCUT2D eigenvalue weighted by Crippen LogP contribution is 2.67. The summed E-state index contributed by atoms with van der Waals surface area (Å²) < 4.78 is 14.4. The number of aromatic nitrogens is 2. The number of fused-ring (bicyclic) bond motifs is 6. The fourth-order valence-corrected chi connectivity index (χ4v) is 10.3. The molecule has 0 radical (unpaired) electrons. The van der Waals surface area contributed by atoms with Gasteiger partial charge in [-0.05, 0) is 104 Å². The molecule has 3 saturated carbocycles. The Kier molecular flexibility index (Phi) is 6.24. The van der Waals surface area contributed by atoms with Crippen molar-refractivity contribution in [2.24, 2.45) is 28.6 Å². The quantitative estimate of drug-likeness (QED) is 0.473. The summed E-state index contributed by atoms with van der Waals surface area (Å²) in [5, 5.41) is 37.6. The highest BCUT2D eigenvalue weighted by atomic mass is 31.2. The lowest BCUT2D eigenvalue weighted by molar-refractivity contribution is -0.181. The lowest BCUT2D eigenvalue weighted by Gasteiger charge is -2.60. The molecule has 4 aliphatic carbocycles. The van der Waals surface area contributed by atoms with E-state index in [1.807, 2.05) is 49.3 Å². The molecule has 0 spiro atoms. The Morgan fingerprint density at radius 1 is 1.23 bits per heavy atom. The number of aliphatic hydroxyl groups excluding tert-OH is 2. The first-order chi connectivity index (χ1) is 18.3. The van der Waals surface area contributed by atoms with E-state index in [2.05, 4.69) is 19.1 Å². The van der Waals surface area contributed by atoms with E-state index in [0.29, 0.717) is 19.0 Å². The van der Waals surface area contributed by atoms with Crippen molar-refractivity contribution in [3.63, 3.8) is 0 Å². The maximum absolute atomic E-state index is 12.7. The molecule has 39 heavy (non-hydrogen) atoms. The third-order valence-corrected chi connectivity index (χ3v) is 12.0. The summed E-state index contributed by atoms with van der Waals surface area (Å²) in [4.78, 5) is 12.7. The first-order valence-electron chi connectivity index (χ1n) is 14.3. The molecule has 7 atom stereocenters. The highest BCUT2D eigenvalue weighted by Gasteiger charge is 2.68. The fourth-order valence-electron chi connectivity index (χ4n) is 9.21. The third-order valence-electron chi connectivity index (χ3n) is 10.9. The van der Waals surface area contributed by atoms with Gasteiger partial charge in [0.1, 0.15) is 12.2 Å². The number of carbonyl (C=O) groups is 1. The molecule has 1 heterocycles. The van der Waals surface area contributed by atoms with Gasteiger partial charge in [-0.3, -0.25) is 4.79 Å². The van der Waals surface area contributed by atoms with Gasteiger partial charge in [0.2, 0.25) is 0 Å². The number of Topliss-reactive ketones (excluding diaryl/α,β-unsaturated/α-hetero) is 1. The number of aliphatic hydroxyl groups is 3. The maximum atomic E-state index is 12.7. The average Bonchev–Trinajstić information content (AvgIpc) is 3.38. The maximum Gasteiger partial charge on any atom is 0.190 e. The number of ketones is 1. The molecule has 2 aromatic rings. The first-order valence-corrected chi connectivity index (χ1v) is 17.1. The summed E-state index contributed by atoms with van der Waals surface area (Å²) >= 11 is 0. The van der Waals surface area contributed by atoms with E-state index in [1.54, 1.807) is 0 Å². The van der Waals surface area contributed by atoms with E-state index >= 15 is 0 Å². The molecule has 0 saturated heterocycles. The van der Waals surface area contributed by atoms with Crippen molar-refractivity contribution in [3.8, 4) is 5.69 Å². The van der Waals surface area contributed by atoms with E-state index in [0.717, 1.165) is 48.2 Å². The molecule has 8 heteroatoms. The predicted octanol–water partition coefficient (Wildman–Crippen LogP) is 4.44. The molecule has 3 N–H and O–H groups in total. The van der Waals surface area contributed by atoms with Crippen molar-refractivity contribution >= 4 is 19.0 Å². The van der Waals surface area contributed by atoms with Crippen LogP contribution < -0.4 is 0 Å². The molecule has 7 nitrogen and oxygen atoms in total. The average molecular weight is 553 g/mol. The second kappa shape index (κ2) is 8.97. The van der Waals surface area contributed by atoms with Crippen molar-refractivity contribution in [1.82, 2.24) is 9.78 Å². The highest BCUT2D eigenvalue weighted by molar-refractivity contribution is 7.61. The normalized spacial score (nSPS) is 37.4. The Morgan fingerprint density at radius 2 is 2.00 bits per heavy atom. The van der Waals surface area contributed by atoms with Crippen LogP contribution in [0.5, 0.6) is 0 Å². The van der Waals surface area contributed by atoms with Gasteiger partial charge in [0.15, 0.2) is 5.78 Å². The number of rotatable bonds is 5. The summed E-state index contributed by atoms with van der Waals surface area (Å²) in [6.07, 6.45) is 8.19. The van der Waals surface area contributed by atoms with Crippen LogP contribution in [0.1, 0.15) is 62.8 Å². The molecule has 210 valence electrons. The minimum absolute atomic E-state index is 0.0326. The molecule has 0 bridgehead atoms. The molecule has 3 unspecified atom stereocenters. The SMILES string of the molecule is C[C@]12Cc3cnn(-c4cccc(CP(C)(C)=O)c4)c3C=C1CCC1C2[C@@H](O)C[C@@]2(C)C1CC[C@]2(O)C(=O)CO. The van der Waals surface area contributed by atoms with E-state index in [9.17, 15) is 24.7 Å². The number of allylic oxidation sites excluding steroid dienone is 1. The van der Waals surface area contributed by atoms with Crippen molar-refractivity contribution in [2.45, 2.75) is 70.2 Å². The minimum atomic E-state index is -2.20. The van der Waals surface area contributed by atoms with Crippen LogP contribution >= 0.6 is 7.14 Å². The zero-order valence-electron chi connectivity index (χ0n) is 23.4. The standard InChI is InChI=1S/C31H41N2O5P/c1-29-14-20-16-32-33(22-7-5-6-19(12-22)18-39(3,4)38)25(20)13-21(29)8-9-23-24-10-11-31(37,27(36)17-34)30(24,2)15-26(35)28(23)29/h5-7,12-13,16,23-24,26,28,34-35,37H,8-11,14-15,17-18H2,1-4H3/t23?,24?,26-,28?,29-,30-,31-/m0/s1. The van der Waals surface area contributed by atoms with Crippen LogP contribution in [0.25, 0.3) is 11.8 Å². The van der Waals surface area contributed by atoms with Gasteiger partial charge in [-0.15, -0.1) is 0 Å². The molecule has 1 aromatic carbocycles. The van der Waals surface area contributed by atoms with Gasteiger partial charge in [0.05, 0.1) is 30.8 Å². The lowest BCUT2D eigenvalue weighted by atomic mass is 9.45. The van der Waals surface area contributed by atoms with E-state index in [4.69, 9.17) is 5.10 Å². The third kappa shape index (κ3) is 3.99. The molecular weight excluding hydrogens is 511 g/mol. The molecule has 3 fully saturated rings. The summed E-state index contributed by atoms with van der Waals surface area (Å²) in [5.74, 6) is -0.149. The van der Waals surface area contributed by atoms with Gasteiger partial charge >= 0.3 is 0 Å². The molecular formula is C31H41N2O5P. The predicted molar refractivity (Wildman–Crippen MR) is 151 cm³/mol. The zero-order chi connectivity index (χ0) is 28.0. The Bertz CT molecular complexity index is 1410. The van der Waals surface area contributed by atoms with Crippen molar-refractivity contribution in [2.75, 3.05) is 19.9 Å². The topological polar surface area (TPSA) is 113 Å². The van der Waals surface area contributed by atoms with Gasteiger partial charge in [-0.2, -0.15) is 5.10 Å². The Hall–Kier alpha value is -2.05. The smallest absolute Gasteiger partial charge is 0.190 e. The number of carbonyl (C=O) groups excluding carboxylic acids is 1. The van der Waals surface area contributed by atoms with Crippen molar-refractivity contribution < 1.29 is 24.7 Å². The largest absolute Gasteiger partial charge is 0.393 e. The fraction of sp³-hybridized carbons (Fsp3) is 0.613.